The number of unbranched alkanes of at least 4 members (excludes halogenated alkanes) is 4. The summed E-state index contributed by atoms with van der Waals surface area (Å²) in [6.45, 7) is 7.24. The van der Waals surface area contributed by atoms with E-state index in [0.29, 0.717) is 17.7 Å². The first-order chi connectivity index (χ1) is 13.4. The molecule has 0 spiro atoms. The number of hydrogen-bond acceptors (Lipinski definition) is 6. The molecule has 2 amide bonds. The van der Waals surface area contributed by atoms with Crippen molar-refractivity contribution in [2.24, 2.45) is 0 Å². The number of carboxylic acids is 1. The quantitative estimate of drug-likeness (QED) is 0.119. The van der Waals surface area contributed by atoms with Crippen LogP contribution in [0.3, 0.4) is 0 Å². The second-order valence-corrected chi connectivity index (χ2v) is 6.15. The van der Waals surface area contributed by atoms with E-state index in [-0.39, 0.29) is 36.2 Å². The van der Waals surface area contributed by atoms with Gasteiger partial charge in [0.15, 0.2) is 0 Å². The molecule has 0 saturated heterocycles. The summed E-state index contributed by atoms with van der Waals surface area (Å²) >= 11 is 0. The molecule has 0 aromatic rings. The topological polar surface area (TPSA) is 104 Å². The second-order valence-electron chi connectivity index (χ2n) is 6.15. The van der Waals surface area contributed by atoms with Gasteiger partial charge in [-0.2, -0.15) is 0 Å². The molecule has 0 aromatic carbocycles. The van der Waals surface area contributed by atoms with Gasteiger partial charge in [-0.1, -0.05) is 64.3 Å². The fraction of sp³-hybridized carbons (Fsp3) is 0.524. The molecule has 8 heteroatoms. The smallest absolute Gasteiger partial charge is 0.550 e. The maximum atomic E-state index is 12.6. The molecule has 0 aromatic heterocycles. The average Bonchev–Trinajstić information content (AvgIpc) is 2.65. The van der Waals surface area contributed by atoms with Crippen molar-refractivity contribution in [2.45, 2.75) is 64.8 Å². The number of aliphatic carboxylic acids is 1. The maximum Gasteiger partial charge on any atom is 1.00 e. The fourth-order valence-corrected chi connectivity index (χ4v) is 2.26. The number of nitrogens with zero attached hydrogens (tertiary/aromatic N) is 1. The SMILES string of the molecule is C=CCOC(=O)C(CC(=O)[O-])N(C(=O)/C=C/CCCC)C(=O)/C=C/CCCC.[Na+]. The molecule has 0 fully saturated rings. The Kier molecular flexibility index (Phi) is 18.7. The van der Waals surface area contributed by atoms with E-state index in [1.807, 2.05) is 13.8 Å². The van der Waals surface area contributed by atoms with Gasteiger partial charge in [0.25, 0.3) is 11.8 Å². The number of ether oxygens (including phenoxy) is 1. The largest absolute Gasteiger partial charge is 1.00 e. The van der Waals surface area contributed by atoms with Crippen LogP contribution in [0.15, 0.2) is 37.0 Å². The third kappa shape index (κ3) is 13.2. The summed E-state index contributed by atoms with van der Waals surface area (Å²) in [6, 6.07) is -1.61. The van der Waals surface area contributed by atoms with Crippen molar-refractivity contribution in [1.29, 1.82) is 0 Å². The van der Waals surface area contributed by atoms with Gasteiger partial charge >= 0.3 is 35.5 Å². The van der Waals surface area contributed by atoms with E-state index in [1.54, 1.807) is 12.2 Å². The molecular formula is C21H30NNaO6. The molecular weight excluding hydrogens is 385 g/mol. The minimum atomic E-state index is -1.61. The van der Waals surface area contributed by atoms with Gasteiger partial charge in [-0.05, 0) is 25.0 Å². The van der Waals surface area contributed by atoms with E-state index in [2.05, 4.69) is 6.58 Å². The molecule has 7 nitrogen and oxygen atoms in total. The van der Waals surface area contributed by atoms with Crippen LogP contribution in [0.25, 0.3) is 0 Å². The Morgan fingerprint density at radius 2 is 1.48 bits per heavy atom. The Bertz CT molecular complexity index is 570. The third-order valence-electron chi connectivity index (χ3n) is 3.73. The average molecular weight is 415 g/mol. The minimum absolute atomic E-state index is 0. The van der Waals surface area contributed by atoms with Gasteiger partial charge in [-0.25, -0.2) is 4.79 Å². The van der Waals surface area contributed by atoms with Crippen LogP contribution < -0.4 is 34.7 Å². The van der Waals surface area contributed by atoms with Gasteiger partial charge in [0.05, 0.1) is 0 Å². The number of carbonyl (C=O) groups is 4. The predicted octanol–water partition coefficient (Wildman–Crippen LogP) is -0.924. The van der Waals surface area contributed by atoms with Crippen LogP contribution in [-0.2, 0) is 23.9 Å². The molecule has 1 unspecified atom stereocenters. The summed E-state index contributed by atoms with van der Waals surface area (Å²) in [4.78, 5) is 49.2. The first-order valence-electron chi connectivity index (χ1n) is 9.56. The number of hydrogen-bond donors (Lipinski definition) is 0. The van der Waals surface area contributed by atoms with Gasteiger partial charge in [-0.15, -0.1) is 0 Å². The number of carboxylic acid groups (broad SMARTS) is 1. The van der Waals surface area contributed by atoms with E-state index < -0.39 is 36.2 Å². The fourth-order valence-electron chi connectivity index (χ4n) is 2.26. The van der Waals surface area contributed by atoms with Crippen molar-refractivity contribution in [2.75, 3.05) is 6.61 Å². The summed E-state index contributed by atoms with van der Waals surface area (Å²) in [7, 11) is 0. The van der Waals surface area contributed by atoms with E-state index in [9.17, 15) is 24.3 Å². The van der Waals surface area contributed by atoms with Crippen molar-refractivity contribution in [3.05, 3.63) is 37.0 Å². The van der Waals surface area contributed by atoms with E-state index in [0.717, 1.165) is 25.7 Å². The summed E-state index contributed by atoms with van der Waals surface area (Å²) in [5, 5.41) is 11.1. The molecule has 0 bridgehead atoms. The van der Waals surface area contributed by atoms with Gasteiger partial charge in [0.2, 0.25) is 0 Å². The molecule has 0 saturated carbocycles. The summed E-state index contributed by atoms with van der Waals surface area (Å²) < 4.78 is 4.88. The molecule has 0 aliphatic carbocycles. The molecule has 1 atom stereocenters. The van der Waals surface area contributed by atoms with Crippen molar-refractivity contribution in [1.82, 2.24) is 4.90 Å². The number of amides is 2. The molecule has 0 heterocycles. The molecule has 0 aliphatic rings. The third-order valence-corrected chi connectivity index (χ3v) is 3.73. The molecule has 0 radical (unpaired) electrons. The zero-order valence-corrected chi connectivity index (χ0v) is 19.7. The molecule has 29 heavy (non-hydrogen) atoms. The number of rotatable bonds is 14. The minimum Gasteiger partial charge on any atom is -0.550 e. The molecule has 0 rings (SSSR count). The normalized spacial score (nSPS) is 11.7. The van der Waals surface area contributed by atoms with Crippen LogP contribution in [0.2, 0.25) is 0 Å². The Balaban J connectivity index is 0. The van der Waals surface area contributed by atoms with E-state index >= 15 is 0 Å². The number of esters is 1. The van der Waals surface area contributed by atoms with Crippen LogP contribution in [0.1, 0.15) is 58.8 Å². The van der Waals surface area contributed by atoms with Gasteiger partial charge < -0.3 is 14.6 Å². The van der Waals surface area contributed by atoms with Crippen molar-refractivity contribution in [3.8, 4) is 0 Å². The van der Waals surface area contributed by atoms with Crippen LogP contribution in [0.4, 0.5) is 0 Å². The number of carbonyl (C=O) groups excluding carboxylic acids is 4. The Morgan fingerprint density at radius 1 is 1.00 bits per heavy atom. The Labute approximate surface area is 195 Å². The number of allylic oxidation sites excluding steroid dienone is 2. The zero-order chi connectivity index (χ0) is 21.4. The first kappa shape index (κ1) is 29.5. The number of imide groups is 1. The van der Waals surface area contributed by atoms with E-state index in [4.69, 9.17) is 4.74 Å². The summed E-state index contributed by atoms with van der Waals surface area (Å²) in [5.74, 6) is -4.13. The summed E-state index contributed by atoms with van der Waals surface area (Å²) in [6.07, 6.45) is 10.8. The first-order valence-corrected chi connectivity index (χ1v) is 9.56. The van der Waals surface area contributed by atoms with Crippen LogP contribution in [0.5, 0.6) is 0 Å². The van der Waals surface area contributed by atoms with Gasteiger partial charge in [-0.3, -0.25) is 14.5 Å². The van der Waals surface area contributed by atoms with Crippen molar-refractivity contribution < 1.29 is 58.6 Å². The maximum absolute atomic E-state index is 12.6. The molecule has 0 N–H and O–H groups in total. The molecule has 156 valence electrons. The van der Waals surface area contributed by atoms with Crippen molar-refractivity contribution in [3.63, 3.8) is 0 Å². The van der Waals surface area contributed by atoms with Crippen LogP contribution in [-0.4, -0.2) is 41.3 Å². The predicted molar refractivity (Wildman–Crippen MR) is 104 cm³/mol. The Hall–Kier alpha value is -1.70. The van der Waals surface area contributed by atoms with E-state index in [1.165, 1.54) is 18.2 Å². The van der Waals surface area contributed by atoms with Gasteiger partial charge in [0.1, 0.15) is 12.6 Å². The zero-order valence-electron chi connectivity index (χ0n) is 17.7. The van der Waals surface area contributed by atoms with Gasteiger partial charge in [0, 0.05) is 12.4 Å². The van der Waals surface area contributed by atoms with Crippen molar-refractivity contribution >= 4 is 23.8 Å². The second kappa shape index (κ2) is 18.3. The molecule has 0 aliphatic heterocycles. The Morgan fingerprint density at radius 3 is 1.86 bits per heavy atom. The monoisotopic (exact) mass is 415 g/mol. The van der Waals surface area contributed by atoms with Crippen LogP contribution in [0, 0.1) is 0 Å². The summed E-state index contributed by atoms with van der Waals surface area (Å²) in [5.41, 5.74) is 0. The standard InChI is InChI=1S/C21H31NO6.Na/c1-4-7-9-11-13-18(23)22(19(24)14-12-10-8-5-2)17(16-20(25)26)21(27)28-15-6-3;/h6,11-14,17H,3-5,7-10,15-16H2,1-2H3,(H,25,26);/q;+1/p-1/b13-11+,14-12+;. The van der Waals surface area contributed by atoms with Crippen LogP contribution >= 0.6 is 0 Å².